The van der Waals surface area contributed by atoms with Crippen LogP contribution in [0.5, 0.6) is 0 Å². The van der Waals surface area contributed by atoms with Crippen molar-refractivity contribution in [3.8, 4) is 0 Å². The zero-order valence-corrected chi connectivity index (χ0v) is 9.58. The molecule has 1 unspecified atom stereocenters. The molecule has 0 aliphatic heterocycles. The van der Waals surface area contributed by atoms with Crippen molar-refractivity contribution in [1.82, 2.24) is 4.98 Å². The average molecular weight is 228 g/mol. The highest BCUT2D eigenvalue weighted by molar-refractivity contribution is 5.44. The zero-order valence-electron chi connectivity index (χ0n) is 9.58. The molecular formula is C14H16N2O. The van der Waals surface area contributed by atoms with Gasteiger partial charge in [0.15, 0.2) is 0 Å². The number of aromatic nitrogens is 1. The van der Waals surface area contributed by atoms with E-state index in [0.717, 1.165) is 11.1 Å². The van der Waals surface area contributed by atoms with E-state index in [1.54, 1.807) is 18.5 Å². The van der Waals surface area contributed by atoms with Gasteiger partial charge in [-0.2, -0.15) is 0 Å². The van der Waals surface area contributed by atoms with Gasteiger partial charge in [0.05, 0.1) is 6.10 Å². The number of nitrogens with two attached hydrogens (primary N) is 1. The van der Waals surface area contributed by atoms with Crippen LogP contribution in [0.15, 0.2) is 48.8 Å². The van der Waals surface area contributed by atoms with Crippen LogP contribution in [-0.4, -0.2) is 16.2 Å². The lowest BCUT2D eigenvalue weighted by Gasteiger charge is -2.11. The summed E-state index contributed by atoms with van der Waals surface area (Å²) in [6, 6.07) is 11.7. The predicted octanol–water partition coefficient (Wildman–Crippen LogP) is 1.81. The smallest absolute Gasteiger partial charge is 0.0622 e. The van der Waals surface area contributed by atoms with E-state index >= 15 is 0 Å². The summed E-state index contributed by atoms with van der Waals surface area (Å²) in [5.74, 6) is 0. The summed E-state index contributed by atoms with van der Waals surface area (Å²) < 4.78 is 0. The van der Waals surface area contributed by atoms with Crippen LogP contribution in [0, 0.1) is 0 Å². The topological polar surface area (TPSA) is 59.1 Å². The molecule has 17 heavy (non-hydrogen) atoms. The Hall–Kier alpha value is -1.87. The number of aliphatic hydroxyl groups excluding tert-OH is 1. The Morgan fingerprint density at radius 1 is 1.12 bits per heavy atom. The molecule has 1 aromatic heterocycles. The number of rotatable bonds is 4. The van der Waals surface area contributed by atoms with E-state index in [1.165, 1.54) is 0 Å². The largest absolute Gasteiger partial charge is 0.398 e. The number of benzene rings is 1. The lowest BCUT2D eigenvalue weighted by atomic mass is 10.0. The van der Waals surface area contributed by atoms with Crippen LogP contribution in [0.1, 0.15) is 11.1 Å². The van der Waals surface area contributed by atoms with Crippen molar-refractivity contribution in [3.63, 3.8) is 0 Å². The third-order valence-electron chi connectivity index (χ3n) is 2.71. The fourth-order valence-electron chi connectivity index (χ4n) is 1.82. The van der Waals surface area contributed by atoms with E-state index in [4.69, 9.17) is 5.73 Å². The minimum absolute atomic E-state index is 0.427. The van der Waals surface area contributed by atoms with Gasteiger partial charge < -0.3 is 10.8 Å². The molecule has 0 bridgehead atoms. The summed E-state index contributed by atoms with van der Waals surface area (Å²) in [4.78, 5) is 4.01. The lowest BCUT2D eigenvalue weighted by Crippen LogP contribution is -2.15. The first-order chi connectivity index (χ1) is 8.25. The van der Waals surface area contributed by atoms with Crippen molar-refractivity contribution in [1.29, 1.82) is 0 Å². The standard InChI is InChI=1S/C14H16N2O/c15-14-6-7-16-10-12(14)9-13(17)8-11-4-2-1-3-5-11/h1-7,10,13,17H,8-9H2,(H2,15,16). The van der Waals surface area contributed by atoms with Crippen LogP contribution in [0.2, 0.25) is 0 Å². The Bertz CT molecular complexity index is 471. The van der Waals surface area contributed by atoms with Crippen LogP contribution < -0.4 is 5.73 Å². The van der Waals surface area contributed by atoms with Gasteiger partial charge in [-0.05, 0) is 23.6 Å². The Kier molecular flexibility index (Phi) is 3.73. The van der Waals surface area contributed by atoms with Crippen molar-refractivity contribution < 1.29 is 5.11 Å². The number of nitrogens with zero attached hydrogens (tertiary/aromatic N) is 1. The van der Waals surface area contributed by atoms with Crippen LogP contribution in [0.25, 0.3) is 0 Å². The van der Waals surface area contributed by atoms with Crippen molar-refractivity contribution >= 4 is 5.69 Å². The average Bonchev–Trinajstić information content (AvgIpc) is 2.33. The molecule has 0 fully saturated rings. The van der Waals surface area contributed by atoms with Crippen LogP contribution in [0.4, 0.5) is 5.69 Å². The molecule has 0 saturated carbocycles. The first kappa shape index (κ1) is 11.6. The molecule has 0 aliphatic rings. The van der Waals surface area contributed by atoms with Gasteiger partial charge in [-0.15, -0.1) is 0 Å². The summed E-state index contributed by atoms with van der Waals surface area (Å²) in [7, 11) is 0. The zero-order chi connectivity index (χ0) is 12.1. The fourth-order valence-corrected chi connectivity index (χ4v) is 1.82. The number of anilines is 1. The highest BCUT2D eigenvalue weighted by Crippen LogP contribution is 2.13. The molecule has 0 amide bonds. The minimum Gasteiger partial charge on any atom is -0.398 e. The summed E-state index contributed by atoms with van der Waals surface area (Å²) in [5, 5.41) is 10.00. The van der Waals surface area contributed by atoms with E-state index in [2.05, 4.69) is 4.98 Å². The molecule has 0 saturated heterocycles. The maximum absolute atomic E-state index is 10.00. The van der Waals surface area contributed by atoms with E-state index in [0.29, 0.717) is 18.5 Å². The third-order valence-corrected chi connectivity index (χ3v) is 2.71. The first-order valence-electron chi connectivity index (χ1n) is 5.66. The predicted molar refractivity (Wildman–Crippen MR) is 68.5 cm³/mol. The molecule has 3 nitrogen and oxygen atoms in total. The Labute approximate surface area is 101 Å². The Balaban J connectivity index is 1.98. The maximum Gasteiger partial charge on any atom is 0.0622 e. The SMILES string of the molecule is Nc1ccncc1CC(O)Cc1ccccc1. The number of pyridine rings is 1. The van der Waals surface area contributed by atoms with Crippen molar-refractivity contribution in [3.05, 3.63) is 59.9 Å². The summed E-state index contributed by atoms with van der Waals surface area (Å²) in [5.41, 5.74) is 8.52. The van der Waals surface area contributed by atoms with Gasteiger partial charge in [-0.1, -0.05) is 30.3 Å². The quantitative estimate of drug-likeness (QED) is 0.839. The molecule has 1 heterocycles. The molecule has 3 N–H and O–H groups in total. The second-order valence-electron chi connectivity index (χ2n) is 4.12. The second-order valence-corrected chi connectivity index (χ2v) is 4.12. The van der Waals surface area contributed by atoms with E-state index < -0.39 is 6.10 Å². The summed E-state index contributed by atoms with van der Waals surface area (Å²) in [6.07, 6.45) is 4.11. The van der Waals surface area contributed by atoms with Gasteiger partial charge in [0.1, 0.15) is 0 Å². The van der Waals surface area contributed by atoms with E-state index in [-0.39, 0.29) is 0 Å². The highest BCUT2D eigenvalue weighted by Gasteiger charge is 2.08. The normalized spacial score (nSPS) is 12.3. The molecule has 0 aliphatic carbocycles. The van der Waals surface area contributed by atoms with Crippen molar-refractivity contribution in [2.75, 3.05) is 5.73 Å². The molecule has 1 aromatic carbocycles. The molecule has 2 rings (SSSR count). The monoisotopic (exact) mass is 228 g/mol. The molecule has 1 atom stereocenters. The summed E-state index contributed by atoms with van der Waals surface area (Å²) in [6.45, 7) is 0. The van der Waals surface area contributed by atoms with Gasteiger partial charge in [-0.3, -0.25) is 4.98 Å². The van der Waals surface area contributed by atoms with Gasteiger partial charge >= 0.3 is 0 Å². The Morgan fingerprint density at radius 2 is 1.88 bits per heavy atom. The number of hydrogen-bond donors (Lipinski definition) is 2. The molecule has 3 heteroatoms. The van der Waals surface area contributed by atoms with Crippen LogP contribution in [-0.2, 0) is 12.8 Å². The van der Waals surface area contributed by atoms with Gasteiger partial charge in [-0.25, -0.2) is 0 Å². The second kappa shape index (κ2) is 5.46. The van der Waals surface area contributed by atoms with E-state index in [1.807, 2.05) is 30.3 Å². The molecule has 88 valence electrons. The van der Waals surface area contributed by atoms with Crippen LogP contribution in [0.3, 0.4) is 0 Å². The maximum atomic E-state index is 10.00. The number of hydrogen-bond acceptors (Lipinski definition) is 3. The lowest BCUT2D eigenvalue weighted by molar-refractivity contribution is 0.175. The third kappa shape index (κ3) is 3.29. The van der Waals surface area contributed by atoms with Gasteiger partial charge in [0, 0.05) is 24.5 Å². The fraction of sp³-hybridized carbons (Fsp3) is 0.214. The van der Waals surface area contributed by atoms with Crippen LogP contribution >= 0.6 is 0 Å². The highest BCUT2D eigenvalue weighted by atomic mass is 16.3. The van der Waals surface area contributed by atoms with E-state index in [9.17, 15) is 5.11 Å². The van der Waals surface area contributed by atoms with Crippen molar-refractivity contribution in [2.45, 2.75) is 18.9 Å². The molecule has 2 aromatic rings. The first-order valence-corrected chi connectivity index (χ1v) is 5.66. The number of aliphatic hydroxyl groups is 1. The van der Waals surface area contributed by atoms with Gasteiger partial charge in [0.2, 0.25) is 0 Å². The number of nitrogen functional groups attached to an aromatic ring is 1. The van der Waals surface area contributed by atoms with Crippen molar-refractivity contribution in [2.24, 2.45) is 0 Å². The molecule has 0 radical (unpaired) electrons. The van der Waals surface area contributed by atoms with Gasteiger partial charge in [0.25, 0.3) is 0 Å². The molecule has 0 spiro atoms. The molecular weight excluding hydrogens is 212 g/mol. The summed E-state index contributed by atoms with van der Waals surface area (Å²) >= 11 is 0. The minimum atomic E-state index is -0.427. The Morgan fingerprint density at radius 3 is 2.59 bits per heavy atom.